The number of aromatic amines is 1. The van der Waals surface area contributed by atoms with Gasteiger partial charge in [0.15, 0.2) is 0 Å². The van der Waals surface area contributed by atoms with Gasteiger partial charge in [0.25, 0.3) is 5.91 Å². The van der Waals surface area contributed by atoms with Crippen LogP contribution in [0.2, 0.25) is 0 Å². The minimum Gasteiger partial charge on any atom is -0.490 e. The lowest BCUT2D eigenvalue weighted by atomic mass is 9.97. The average molecular weight is 450 g/mol. The Labute approximate surface area is 192 Å². The summed E-state index contributed by atoms with van der Waals surface area (Å²) in [6, 6.07) is 9.68. The maximum Gasteiger partial charge on any atom is 0.255 e. The van der Waals surface area contributed by atoms with Crippen LogP contribution in [-0.2, 0) is 12.8 Å². The zero-order valence-electron chi connectivity index (χ0n) is 19.5. The van der Waals surface area contributed by atoms with Gasteiger partial charge in [0, 0.05) is 34.8 Å². The molecule has 0 bridgehead atoms. The summed E-state index contributed by atoms with van der Waals surface area (Å²) in [5.41, 5.74) is 5.36. The summed E-state index contributed by atoms with van der Waals surface area (Å²) in [6.07, 6.45) is 1.47. The zero-order chi connectivity index (χ0) is 23.7. The monoisotopic (exact) mass is 449 g/mol. The first kappa shape index (κ1) is 22.6. The van der Waals surface area contributed by atoms with Crippen molar-refractivity contribution in [3.63, 3.8) is 0 Å². The first-order valence-corrected chi connectivity index (χ1v) is 11.2. The maximum absolute atomic E-state index is 13.5. The first-order chi connectivity index (χ1) is 15.9. The number of ether oxygens (including phenoxy) is 1. The summed E-state index contributed by atoms with van der Waals surface area (Å²) in [7, 11) is 1.57. The summed E-state index contributed by atoms with van der Waals surface area (Å²) in [5, 5.41) is 11.0. The Hall–Kier alpha value is -3.61. The molecule has 2 N–H and O–H groups in total. The third-order valence-electron chi connectivity index (χ3n) is 5.59. The largest absolute Gasteiger partial charge is 0.490 e. The summed E-state index contributed by atoms with van der Waals surface area (Å²) in [6.45, 7) is 8.05. The smallest absolute Gasteiger partial charge is 0.255 e. The van der Waals surface area contributed by atoms with Crippen molar-refractivity contribution in [1.29, 1.82) is 0 Å². The Morgan fingerprint density at radius 1 is 1.18 bits per heavy atom. The summed E-state index contributed by atoms with van der Waals surface area (Å²) in [5.74, 6) is 0.393. The SMILES string of the molecule is CCc1n[nH]c(CC)c1-c1cc2oc(-c3ccc(F)cc3)c(C(=O)NC)c2cc1OC(C)C. The number of amides is 1. The molecule has 2 aromatic carbocycles. The molecule has 0 unspecified atom stereocenters. The highest BCUT2D eigenvalue weighted by Gasteiger charge is 2.26. The Balaban J connectivity index is 2.04. The van der Waals surface area contributed by atoms with E-state index < -0.39 is 0 Å². The number of fused-ring (bicyclic) bond motifs is 1. The molecule has 0 saturated carbocycles. The van der Waals surface area contributed by atoms with Crippen LogP contribution < -0.4 is 10.1 Å². The number of carbonyl (C=O) groups is 1. The molecule has 4 aromatic rings. The van der Waals surface area contributed by atoms with Gasteiger partial charge < -0.3 is 14.5 Å². The van der Waals surface area contributed by atoms with Crippen molar-refractivity contribution in [2.24, 2.45) is 0 Å². The normalized spacial score (nSPS) is 11.4. The molecule has 0 radical (unpaired) electrons. The molecule has 0 aliphatic heterocycles. The highest BCUT2D eigenvalue weighted by atomic mass is 19.1. The van der Waals surface area contributed by atoms with Crippen molar-refractivity contribution < 1.29 is 18.3 Å². The van der Waals surface area contributed by atoms with Crippen molar-refractivity contribution in [1.82, 2.24) is 15.5 Å². The number of nitrogens with one attached hydrogen (secondary N) is 2. The number of furan rings is 1. The fourth-order valence-electron chi connectivity index (χ4n) is 4.08. The van der Waals surface area contributed by atoms with Crippen LogP contribution in [0.1, 0.15) is 49.4 Å². The van der Waals surface area contributed by atoms with E-state index in [-0.39, 0.29) is 17.8 Å². The Morgan fingerprint density at radius 3 is 2.52 bits per heavy atom. The van der Waals surface area contributed by atoms with Crippen LogP contribution in [0.5, 0.6) is 5.75 Å². The molecule has 33 heavy (non-hydrogen) atoms. The van der Waals surface area contributed by atoms with Gasteiger partial charge in [-0.2, -0.15) is 5.10 Å². The van der Waals surface area contributed by atoms with E-state index in [0.29, 0.717) is 33.6 Å². The number of rotatable bonds is 7. The van der Waals surface area contributed by atoms with E-state index >= 15 is 0 Å². The third kappa shape index (κ3) is 4.11. The number of aromatic nitrogens is 2. The molecule has 0 fully saturated rings. The van der Waals surface area contributed by atoms with Crippen LogP contribution in [0.3, 0.4) is 0 Å². The molecule has 0 spiro atoms. The van der Waals surface area contributed by atoms with Crippen LogP contribution >= 0.6 is 0 Å². The summed E-state index contributed by atoms with van der Waals surface area (Å²) in [4.78, 5) is 12.9. The topological polar surface area (TPSA) is 80.2 Å². The van der Waals surface area contributed by atoms with Crippen LogP contribution in [-0.4, -0.2) is 29.3 Å². The second kappa shape index (κ2) is 9.10. The van der Waals surface area contributed by atoms with Crippen molar-refractivity contribution in [3.8, 4) is 28.2 Å². The van der Waals surface area contributed by atoms with Crippen molar-refractivity contribution in [3.05, 3.63) is 59.2 Å². The minimum absolute atomic E-state index is 0.0739. The number of H-pyrrole nitrogens is 1. The molecule has 7 heteroatoms. The summed E-state index contributed by atoms with van der Waals surface area (Å²) < 4.78 is 26.0. The molecule has 2 aromatic heterocycles. The van der Waals surface area contributed by atoms with Gasteiger partial charge in [0.05, 0.1) is 17.4 Å². The molecule has 0 saturated heterocycles. The second-order valence-electron chi connectivity index (χ2n) is 8.13. The van der Waals surface area contributed by atoms with Crippen LogP contribution in [0, 0.1) is 5.82 Å². The number of hydrogen-bond donors (Lipinski definition) is 2. The fourth-order valence-corrected chi connectivity index (χ4v) is 4.08. The standard InChI is InChI=1S/C26H28FN3O3/c1-6-19-23(20(7-2)30-29-19)17-12-22-18(13-21(17)32-14(3)4)24(26(31)28-5)25(33-22)15-8-10-16(27)11-9-15/h8-14H,6-7H2,1-5H3,(H,28,31)(H,29,30). The van der Waals surface area contributed by atoms with Crippen molar-refractivity contribution in [2.75, 3.05) is 7.05 Å². The van der Waals surface area contributed by atoms with Gasteiger partial charge in [-0.15, -0.1) is 0 Å². The van der Waals surface area contributed by atoms with E-state index in [1.165, 1.54) is 12.1 Å². The molecule has 2 heterocycles. The van der Waals surface area contributed by atoms with Gasteiger partial charge in [-0.3, -0.25) is 9.89 Å². The zero-order valence-corrected chi connectivity index (χ0v) is 19.5. The molecule has 0 aliphatic carbocycles. The molecule has 172 valence electrons. The minimum atomic E-state index is -0.356. The average Bonchev–Trinajstić information content (AvgIpc) is 3.38. The molecular formula is C26H28FN3O3. The fraction of sp³-hybridized carbons (Fsp3) is 0.308. The lowest BCUT2D eigenvalue weighted by molar-refractivity contribution is 0.0964. The molecule has 1 amide bonds. The van der Waals surface area contributed by atoms with Gasteiger partial charge >= 0.3 is 0 Å². The lowest BCUT2D eigenvalue weighted by Gasteiger charge is -2.16. The van der Waals surface area contributed by atoms with Gasteiger partial charge in [-0.05, 0) is 63.1 Å². The molecule has 0 aliphatic rings. The van der Waals surface area contributed by atoms with Crippen LogP contribution in [0.15, 0.2) is 40.8 Å². The lowest BCUT2D eigenvalue weighted by Crippen LogP contribution is -2.18. The van der Waals surface area contributed by atoms with E-state index in [0.717, 1.165) is 35.4 Å². The van der Waals surface area contributed by atoms with Gasteiger partial charge in [-0.1, -0.05) is 13.8 Å². The molecule has 4 rings (SSSR count). The van der Waals surface area contributed by atoms with Gasteiger partial charge in [0.1, 0.15) is 22.9 Å². The quantitative estimate of drug-likeness (QED) is 0.368. The molecule has 6 nitrogen and oxygen atoms in total. The Morgan fingerprint density at radius 2 is 1.91 bits per heavy atom. The number of carbonyl (C=O) groups excluding carboxylic acids is 1. The number of aryl methyl sites for hydroxylation is 2. The first-order valence-electron chi connectivity index (χ1n) is 11.2. The number of halogens is 1. The maximum atomic E-state index is 13.5. The second-order valence-corrected chi connectivity index (χ2v) is 8.13. The Bertz CT molecular complexity index is 1280. The van der Waals surface area contributed by atoms with Crippen LogP contribution in [0.25, 0.3) is 33.4 Å². The third-order valence-corrected chi connectivity index (χ3v) is 5.59. The van der Waals surface area contributed by atoms with E-state index in [9.17, 15) is 9.18 Å². The molecule has 0 atom stereocenters. The Kier molecular flexibility index (Phi) is 6.22. The highest BCUT2D eigenvalue weighted by Crippen LogP contribution is 2.42. The highest BCUT2D eigenvalue weighted by molar-refractivity contribution is 6.12. The van der Waals surface area contributed by atoms with Gasteiger partial charge in [-0.25, -0.2) is 4.39 Å². The van der Waals surface area contributed by atoms with E-state index in [1.807, 2.05) is 26.0 Å². The number of benzene rings is 2. The van der Waals surface area contributed by atoms with Crippen molar-refractivity contribution >= 4 is 16.9 Å². The van der Waals surface area contributed by atoms with Crippen LogP contribution in [0.4, 0.5) is 4.39 Å². The van der Waals surface area contributed by atoms with E-state index in [2.05, 4.69) is 29.4 Å². The number of nitrogens with zero attached hydrogens (tertiary/aromatic N) is 1. The van der Waals surface area contributed by atoms with Gasteiger partial charge in [0.2, 0.25) is 0 Å². The van der Waals surface area contributed by atoms with E-state index in [4.69, 9.17) is 9.15 Å². The predicted octanol–water partition coefficient (Wildman–Crippen LogP) is 5.90. The van der Waals surface area contributed by atoms with E-state index in [1.54, 1.807) is 19.2 Å². The molecular weight excluding hydrogens is 421 g/mol. The van der Waals surface area contributed by atoms with Crippen molar-refractivity contribution in [2.45, 2.75) is 46.6 Å². The predicted molar refractivity (Wildman–Crippen MR) is 127 cm³/mol. The number of hydrogen-bond acceptors (Lipinski definition) is 4. The summed E-state index contributed by atoms with van der Waals surface area (Å²) >= 11 is 0.